The van der Waals surface area contributed by atoms with Crippen LogP contribution in [0.4, 0.5) is 5.69 Å². The SMILES string of the molecule is Cc1ccc(Oc2ccccc2NC(=O)CCSCc2nc3sc4c(c3c(=O)[nH]2)CCC4)cc1. The highest BCUT2D eigenvalue weighted by atomic mass is 32.2. The number of thiophene rings is 1. The first-order chi connectivity index (χ1) is 16.6. The molecule has 0 radical (unpaired) electrons. The minimum atomic E-state index is -0.0842. The summed E-state index contributed by atoms with van der Waals surface area (Å²) in [6.45, 7) is 2.02. The number of anilines is 1. The topological polar surface area (TPSA) is 84.1 Å². The Hall–Kier alpha value is -3.10. The number of ether oxygens (including phenoxy) is 1. The van der Waals surface area contributed by atoms with E-state index in [2.05, 4.69) is 15.3 Å². The van der Waals surface area contributed by atoms with Crippen molar-refractivity contribution < 1.29 is 9.53 Å². The summed E-state index contributed by atoms with van der Waals surface area (Å²) in [6.07, 6.45) is 3.50. The maximum absolute atomic E-state index is 12.6. The first-order valence-electron chi connectivity index (χ1n) is 11.3. The number of aromatic nitrogens is 2. The van der Waals surface area contributed by atoms with E-state index in [1.165, 1.54) is 10.4 Å². The van der Waals surface area contributed by atoms with Crippen LogP contribution in [-0.4, -0.2) is 21.6 Å². The standard InChI is InChI=1S/C26H25N3O3S2/c1-16-9-11-17(12-10-16)32-20-7-3-2-6-19(20)27-23(30)13-14-33-15-22-28-25(31)24-18-5-4-8-21(18)34-26(24)29-22/h2-3,6-7,9-12H,4-5,8,13-15H2,1H3,(H,27,30)(H,28,29,31). The van der Waals surface area contributed by atoms with E-state index in [0.717, 1.165) is 40.8 Å². The number of rotatable bonds is 8. The molecule has 174 valence electrons. The molecule has 8 heteroatoms. The quantitative estimate of drug-likeness (QED) is 0.303. The van der Waals surface area contributed by atoms with Gasteiger partial charge in [0.1, 0.15) is 16.4 Å². The van der Waals surface area contributed by atoms with Gasteiger partial charge in [-0.15, -0.1) is 11.3 Å². The van der Waals surface area contributed by atoms with Gasteiger partial charge in [0.25, 0.3) is 5.56 Å². The van der Waals surface area contributed by atoms with E-state index >= 15 is 0 Å². The molecular weight excluding hydrogens is 466 g/mol. The minimum Gasteiger partial charge on any atom is -0.455 e. The zero-order chi connectivity index (χ0) is 23.5. The van der Waals surface area contributed by atoms with Gasteiger partial charge in [-0.2, -0.15) is 11.8 Å². The Morgan fingerprint density at radius 2 is 2.00 bits per heavy atom. The van der Waals surface area contributed by atoms with Crippen molar-refractivity contribution in [3.05, 3.63) is 80.7 Å². The summed E-state index contributed by atoms with van der Waals surface area (Å²) in [5, 5.41) is 3.72. The van der Waals surface area contributed by atoms with Gasteiger partial charge in [-0.25, -0.2) is 4.98 Å². The van der Waals surface area contributed by atoms with Gasteiger partial charge >= 0.3 is 0 Å². The Bertz CT molecular complexity index is 1390. The molecule has 0 fully saturated rings. The summed E-state index contributed by atoms with van der Waals surface area (Å²) in [6, 6.07) is 15.2. The number of hydrogen-bond donors (Lipinski definition) is 2. The summed E-state index contributed by atoms with van der Waals surface area (Å²) in [4.78, 5) is 34.8. The summed E-state index contributed by atoms with van der Waals surface area (Å²) in [7, 11) is 0. The highest BCUT2D eigenvalue weighted by Gasteiger charge is 2.21. The van der Waals surface area contributed by atoms with Crippen LogP contribution in [0.25, 0.3) is 10.2 Å². The van der Waals surface area contributed by atoms with Crippen LogP contribution in [0.1, 0.15) is 34.7 Å². The van der Waals surface area contributed by atoms with Gasteiger partial charge in [0, 0.05) is 17.1 Å². The second-order valence-electron chi connectivity index (χ2n) is 8.31. The van der Waals surface area contributed by atoms with Crippen molar-refractivity contribution in [2.24, 2.45) is 0 Å². The lowest BCUT2D eigenvalue weighted by molar-refractivity contribution is -0.115. The molecule has 0 bridgehead atoms. The number of H-pyrrole nitrogens is 1. The van der Waals surface area contributed by atoms with Gasteiger partial charge < -0.3 is 15.0 Å². The van der Waals surface area contributed by atoms with Crippen LogP contribution in [0.2, 0.25) is 0 Å². The van der Waals surface area contributed by atoms with E-state index in [0.29, 0.717) is 35.2 Å². The number of nitrogens with one attached hydrogen (secondary N) is 2. The van der Waals surface area contributed by atoms with Crippen LogP contribution in [0.5, 0.6) is 11.5 Å². The number of carbonyl (C=O) groups is 1. The molecule has 0 unspecified atom stereocenters. The number of aryl methyl sites for hydroxylation is 3. The lowest BCUT2D eigenvalue weighted by Gasteiger charge is -2.12. The van der Waals surface area contributed by atoms with Gasteiger partial charge in [0.2, 0.25) is 5.91 Å². The molecule has 0 atom stereocenters. The van der Waals surface area contributed by atoms with E-state index < -0.39 is 0 Å². The second kappa shape index (κ2) is 10.0. The third-order valence-electron chi connectivity index (χ3n) is 5.75. The minimum absolute atomic E-state index is 0.0390. The molecule has 2 aromatic heterocycles. The van der Waals surface area contributed by atoms with Crippen molar-refractivity contribution in [3.8, 4) is 11.5 Å². The zero-order valence-corrected chi connectivity index (χ0v) is 20.5. The molecule has 4 aromatic rings. The Labute approximate surface area is 205 Å². The fourth-order valence-corrected chi connectivity index (χ4v) is 6.14. The fourth-order valence-electron chi connectivity index (χ4n) is 4.05. The Morgan fingerprint density at radius 1 is 1.18 bits per heavy atom. The van der Waals surface area contributed by atoms with Crippen LogP contribution in [0, 0.1) is 6.92 Å². The number of thioether (sulfide) groups is 1. The largest absolute Gasteiger partial charge is 0.455 e. The average molecular weight is 492 g/mol. The monoisotopic (exact) mass is 491 g/mol. The molecule has 2 aromatic carbocycles. The van der Waals surface area contributed by atoms with Crippen LogP contribution in [-0.2, 0) is 23.4 Å². The number of benzene rings is 2. The third kappa shape index (κ3) is 5.03. The maximum Gasteiger partial charge on any atom is 0.259 e. The molecule has 2 heterocycles. The molecule has 0 saturated carbocycles. The number of carbonyl (C=O) groups excluding carboxylic acids is 1. The molecule has 0 saturated heterocycles. The first-order valence-corrected chi connectivity index (χ1v) is 13.3. The molecular formula is C26H25N3O3S2. The van der Waals surface area contributed by atoms with Gasteiger partial charge in [-0.3, -0.25) is 9.59 Å². The van der Waals surface area contributed by atoms with Gasteiger partial charge in [0.05, 0.1) is 16.8 Å². The Balaban J connectivity index is 1.15. The zero-order valence-electron chi connectivity index (χ0n) is 18.8. The van der Waals surface area contributed by atoms with Crippen molar-refractivity contribution >= 4 is 44.9 Å². The molecule has 1 amide bonds. The molecule has 1 aliphatic carbocycles. The number of para-hydroxylation sites is 2. The molecule has 0 aliphatic heterocycles. The summed E-state index contributed by atoms with van der Waals surface area (Å²) >= 11 is 3.23. The van der Waals surface area contributed by atoms with E-state index in [9.17, 15) is 9.59 Å². The number of fused-ring (bicyclic) bond motifs is 3. The van der Waals surface area contributed by atoms with E-state index in [1.807, 2.05) is 55.5 Å². The molecule has 5 rings (SSSR count). The van der Waals surface area contributed by atoms with Crippen LogP contribution >= 0.6 is 23.1 Å². The van der Waals surface area contributed by atoms with Crippen molar-refractivity contribution in [1.29, 1.82) is 0 Å². The molecule has 34 heavy (non-hydrogen) atoms. The van der Waals surface area contributed by atoms with E-state index in [4.69, 9.17) is 4.74 Å². The molecule has 2 N–H and O–H groups in total. The number of amides is 1. The Kier molecular flexibility index (Phi) is 6.69. The average Bonchev–Trinajstić information content (AvgIpc) is 3.41. The lowest BCUT2D eigenvalue weighted by atomic mass is 10.2. The van der Waals surface area contributed by atoms with Crippen LogP contribution in [0.15, 0.2) is 53.3 Å². The van der Waals surface area contributed by atoms with E-state index in [1.54, 1.807) is 23.1 Å². The van der Waals surface area contributed by atoms with Gasteiger partial charge in [0.15, 0.2) is 5.75 Å². The summed E-state index contributed by atoms with van der Waals surface area (Å²) in [5.41, 5.74) is 2.95. The van der Waals surface area contributed by atoms with E-state index in [-0.39, 0.29) is 11.5 Å². The highest BCUT2D eigenvalue weighted by Crippen LogP contribution is 2.34. The second-order valence-corrected chi connectivity index (χ2v) is 10.5. The number of nitrogens with zero attached hydrogens (tertiary/aromatic N) is 1. The number of hydrogen-bond acceptors (Lipinski definition) is 6. The highest BCUT2D eigenvalue weighted by molar-refractivity contribution is 7.98. The summed E-state index contributed by atoms with van der Waals surface area (Å²) < 4.78 is 5.96. The normalized spacial score (nSPS) is 12.6. The van der Waals surface area contributed by atoms with Crippen molar-refractivity contribution in [3.63, 3.8) is 0 Å². The van der Waals surface area contributed by atoms with Crippen molar-refractivity contribution in [2.45, 2.75) is 38.4 Å². The molecule has 6 nitrogen and oxygen atoms in total. The smallest absolute Gasteiger partial charge is 0.259 e. The maximum atomic E-state index is 12.6. The number of aromatic amines is 1. The third-order valence-corrected chi connectivity index (χ3v) is 7.90. The van der Waals surface area contributed by atoms with Gasteiger partial charge in [-0.1, -0.05) is 29.8 Å². The van der Waals surface area contributed by atoms with Crippen LogP contribution in [0.3, 0.4) is 0 Å². The first kappa shape index (κ1) is 22.7. The van der Waals surface area contributed by atoms with Crippen molar-refractivity contribution in [1.82, 2.24) is 9.97 Å². The predicted octanol–water partition coefficient (Wildman–Crippen LogP) is 5.84. The van der Waals surface area contributed by atoms with Crippen molar-refractivity contribution in [2.75, 3.05) is 11.1 Å². The molecule has 1 aliphatic rings. The van der Waals surface area contributed by atoms with Gasteiger partial charge in [-0.05, 0) is 56.0 Å². The lowest BCUT2D eigenvalue weighted by Crippen LogP contribution is -2.13. The summed E-state index contributed by atoms with van der Waals surface area (Å²) in [5.74, 6) is 3.09. The van der Waals surface area contributed by atoms with Crippen LogP contribution < -0.4 is 15.6 Å². The predicted molar refractivity (Wildman–Crippen MR) is 139 cm³/mol. The fraction of sp³-hybridized carbons (Fsp3) is 0.269. The Morgan fingerprint density at radius 3 is 2.85 bits per heavy atom. The molecule has 0 spiro atoms.